The van der Waals surface area contributed by atoms with Crippen LogP contribution in [0, 0.1) is 0 Å². The summed E-state index contributed by atoms with van der Waals surface area (Å²) in [6.07, 6.45) is -7.08. The first-order valence-corrected chi connectivity index (χ1v) is 13.0. The Morgan fingerprint density at radius 2 is 1.74 bits per heavy atom. The number of likely N-dealkylation sites (tertiary alicyclic amines) is 1. The van der Waals surface area contributed by atoms with E-state index in [-0.39, 0.29) is 16.5 Å². The highest BCUT2D eigenvalue weighted by molar-refractivity contribution is 5.93. The number of carbonyl (C=O) groups is 2. The molecule has 2 aromatic carbocycles. The second kappa shape index (κ2) is 10.7. The molecule has 0 bridgehead atoms. The second-order valence-electron chi connectivity index (χ2n) is 10.4. The number of methoxy groups -OCH3 is 2. The quantitative estimate of drug-likeness (QED) is 0.387. The van der Waals surface area contributed by atoms with Crippen molar-refractivity contribution in [2.75, 3.05) is 32.9 Å². The second-order valence-corrected chi connectivity index (χ2v) is 10.4. The van der Waals surface area contributed by atoms with Crippen LogP contribution in [0.15, 0.2) is 36.4 Å². The van der Waals surface area contributed by atoms with Gasteiger partial charge < -0.3 is 34.0 Å². The third kappa shape index (κ3) is 5.44. The predicted octanol–water partition coefficient (Wildman–Crippen LogP) is 4.76. The minimum atomic E-state index is -5.43. The Kier molecular flexibility index (Phi) is 7.49. The maximum absolute atomic E-state index is 13.5. The average Bonchev–Trinajstić information content (AvgIpc) is 3.44. The number of halogens is 5. The molecular formula is C27H28F5N3O7. The summed E-state index contributed by atoms with van der Waals surface area (Å²) >= 11 is 0. The van der Waals surface area contributed by atoms with Gasteiger partial charge >= 0.3 is 24.5 Å². The molecule has 42 heavy (non-hydrogen) atoms. The van der Waals surface area contributed by atoms with Crippen molar-refractivity contribution in [2.24, 2.45) is 0 Å². The molecular weight excluding hydrogens is 573 g/mol. The normalized spacial score (nSPS) is 24.5. The highest BCUT2D eigenvalue weighted by Crippen LogP contribution is 2.50. The maximum atomic E-state index is 13.5. The monoisotopic (exact) mass is 601 g/mol. The lowest BCUT2D eigenvalue weighted by Crippen LogP contribution is -2.54. The molecule has 10 nitrogen and oxygen atoms in total. The van der Waals surface area contributed by atoms with Gasteiger partial charge in [-0.3, -0.25) is 0 Å². The number of alkyl halides is 5. The Bertz CT molecular complexity index is 1370. The van der Waals surface area contributed by atoms with Crippen LogP contribution in [0.5, 0.6) is 23.0 Å². The predicted molar refractivity (Wildman–Crippen MR) is 136 cm³/mol. The van der Waals surface area contributed by atoms with Crippen molar-refractivity contribution in [1.29, 1.82) is 0 Å². The molecule has 228 valence electrons. The zero-order valence-corrected chi connectivity index (χ0v) is 22.8. The van der Waals surface area contributed by atoms with Crippen LogP contribution in [0.3, 0.4) is 0 Å². The molecule has 5 rings (SSSR count). The van der Waals surface area contributed by atoms with Gasteiger partial charge in [-0.2, -0.15) is 13.2 Å². The van der Waals surface area contributed by atoms with Crippen LogP contribution in [0.25, 0.3) is 0 Å². The van der Waals surface area contributed by atoms with E-state index in [0.29, 0.717) is 30.8 Å². The van der Waals surface area contributed by atoms with Crippen LogP contribution < -0.4 is 29.3 Å². The van der Waals surface area contributed by atoms with Crippen molar-refractivity contribution in [1.82, 2.24) is 10.2 Å². The zero-order chi connectivity index (χ0) is 30.4. The largest absolute Gasteiger partial charge is 0.586 e. The van der Waals surface area contributed by atoms with Gasteiger partial charge in [-0.05, 0) is 69.1 Å². The Labute approximate surface area is 237 Å². The van der Waals surface area contributed by atoms with Crippen LogP contribution in [-0.4, -0.2) is 69.3 Å². The summed E-state index contributed by atoms with van der Waals surface area (Å²) < 4.78 is 85.7. The number of nitrogens with one attached hydrogen (secondary N) is 1. The fourth-order valence-electron chi connectivity index (χ4n) is 6.04. The fraction of sp³-hybridized carbons (Fsp3) is 0.481. The molecule has 3 aliphatic rings. The van der Waals surface area contributed by atoms with Crippen LogP contribution in [0.1, 0.15) is 31.2 Å². The Morgan fingerprint density at radius 1 is 1.02 bits per heavy atom. The van der Waals surface area contributed by atoms with Gasteiger partial charge in [0.25, 0.3) is 0 Å². The number of ether oxygens (including phenoxy) is 4. The van der Waals surface area contributed by atoms with Crippen molar-refractivity contribution in [2.45, 2.75) is 55.7 Å². The number of fused-ring (bicyclic) bond motifs is 2. The third-order valence-electron chi connectivity index (χ3n) is 8.02. The molecule has 1 saturated carbocycles. The van der Waals surface area contributed by atoms with Gasteiger partial charge in [-0.25, -0.2) is 9.59 Å². The van der Waals surface area contributed by atoms with Crippen molar-refractivity contribution in [3.05, 3.63) is 42.0 Å². The number of amides is 2. The Hall–Kier alpha value is -4.01. The molecule has 1 aliphatic carbocycles. The van der Waals surface area contributed by atoms with Crippen molar-refractivity contribution in [3.63, 3.8) is 0 Å². The summed E-state index contributed by atoms with van der Waals surface area (Å²) in [5, 5.41) is 2.73. The average molecular weight is 602 g/mol. The lowest BCUT2D eigenvalue weighted by atomic mass is 9.65. The van der Waals surface area contributed by atoms with E-state index in [1.807, 2.05) is 25.2 Å². The van der Waals surface area contributed by atoms with Gasteiger partial charge in [-0.1, -0.05) is 6.07 Å². The van der Waals surface area contributed by atoms with E-state index in [9.17, 15) is 31.5 Å². The first-order valence-electron chi connectivity index (χ1n) is 13.0. The van der Waals surface area contributed by atoms with Gasteiger partial charge in [-0.15, -0.1) is 13.8 Å². The van der Waals surface area contributed by atoms with E-state index in [1.165, 1.54) is 0 Å². The smallest absolute Gasteiger partial charge is 0.493 e. The summed E-state index contributed by atoms with van der Waals surface area (Å²) in [4.78, 5) is 31.5. The molecule has 0 aromatic heterocycles. The number of hydroxylamine groups is 1. The van der Waals surface area contributed by atoms with Crippen molar-refractivity contribution >= 4 is 17.7 Å². The minimum Gasteiger partial charge on any atom is -0.493 e. The summed E-state index contributed by atoms with van der Waals surface area (Å²) in [6, 6.07) is 6.75. The number of urea groups is 1. The van der Waals surface area contributed by atoms with E-state index in [4.69, 9.17) is 9.47 Å². The number of nitrogens with zero attached hydrogens (tertiary/aromatic N) is 2. The third-order valence-corrected chi connectivity index (χ3v) is 8.02. The van der Waals surface area contributed by atoms with E-state index < -0.39 is 47.7 Å². The number of hydrogen-bond donors (Lipinski definition) is 1. The number of anilines is 1. The molecule has 2 heterocycles. The van der Waals surface area contributed by atoms with Crippen molar-refractivity contribution in [3.8, 4) is 23.0 Å². The summed E-state index contributed by atoms with van der Waals surface area (Å²) in [5.41, 5.74) is 0.302. The Balaban J connectivity index is 1.37. The van der Waals surface area contributed by atoms with Crippen LogP contribution in [-0.2, 0) is 15.0 Å². The topological polar surface area (TPSA) is 98.8 Å². The van der Waals surface area contributed by atoms with Crippen LogP contribution >= 0.6 is 0 Å². The van der Waals surface area contributed by atoms with Gasteiger partial charge in [0.05, 0.1) is 19.9 Å². The number of likely N-dealkylation sites (N-methyl/N-ethyl adjacent to an activating group) is 1. The summed E-state index contributed by atoms with van der Waals surface area (Å²) in [6.45, 7) is 0.775. The van der Waals surface area contributed by atoms with E-state index in [0.717, 1.165) is 36.7 Å². The molecule has 0 spiro atoms. The molecule has 15 heteroatoms. The Morgan fingerprint density at radius 3 is 2.43 bits per heavy atom. The highest BCUT2D eigenvalue weighted by Gasteiger charge is 2.51. The zero-order valence-electron chi connectivity index (χ0n) is 22.8. The van der Waals surface area contributed by atoms with Gasteiger partial charge in [0, 0.05) is 23.6 Å². The van der Waals surface area contributed by atoms with Crippen LogP contribution in [0.2, 0.25) is 0 Å². The number of benzene rings is 2. The van der Waals surface area contributed by atoms with E-state index in [2.05, 4.69) is 24.5 Å². The summed E-state index contributed by atoms with van der Waals surface area (Å²) in [5.74, 6) is -2.47. The molecule has 2 amide bonds. The molecule has 0 unspecified atom stereocenters. The fourth-order valence-corrected chi connectivity index (χ4v) is 6.04. The molecule has 3 atom stereocenters. The van der Waals surface area contributed by atoms with E-state index >= 15 is 0 Å². The molecule has 1 saturated heterocycles. The summed E-state index contributed by atoms with van der Waals surface area (Å²) in [7, 11) is 5.05. The number of carbonyl (C=O) groups excluding carboxylic acids is 2. The molecule has 2 aromatic rings. The number of rotatable bonds is 5. The molecule has 0 radical (unpaired) electrons. The maximum Gasteiger partial charge on any atom is 0.586 e. The van der Waals surface area contributed by atoms with Crippen LogP contribution in [0.4, 0.5) is 32.4 Å². The van der Waals surface area contributed by atoms with Gasteiger partial charge in [0.15, 0.2) is 23.0 Å². The molecule has 2 aliphatic heterocycles. The van der Waals surface area contributed by atoms with Crippen molar-refractivity contribution < 1.29 is 55.3 Å². The SMILES string of the molecule is COc1ccc([C@@]23CC[C@@H](NC(=O)N(OC(=O)C(F)(F)F)c4ccc5c(c4)OC(F)(F)O5)C[C@@H]2N(C)CC3)cc1OC. The lowest BCUT2D eigenvalue weighted by molar-refractivity contribution is -0.286. The first kappa shape index (κ1) is 29.5. The van der Waals surface area contributed by atoms with Gasteiger partial charge in [0.2, 0.25) is 0 Å². The first-order chi connectivity index (χ1) is 19.8. The molecule has 2 fully saturated rings. The highest BCUT2D eigenvalue weighted by atomic mass is 19.4. The standard InChI is InChI=1S/C27H28F5N3O7/c1-34-11-10-25(15-4-6-18(38-2)20(12-15)39-3)9-8-16(13-22(25)34)33-24(37)35(42-23(36)26(28,29)30)17-5-7-19-21(14-17)41-27(31,32)40-19/h4-7,12,14,16,22H,8-11,13H2,1-3H3,(H,33,37)/t16-,22+,25+/m1/s1. The van der Waals surface area contributed by atoms with Gasteiger partial charge in [0.1, 0.15) is 0 Å². The number of hydrogen-bond acceptors (Lipinski definition) is 8. The minimum absolute atomic E-state index is 0.0476. The molecule has 1 N–H and O–H groups in total. The lowest BCUT2D eigenvalue weighted by Gasteiger charge is -2.45. The van der Waals surface area contributed by atoms with E-state index in [1.54, 1.807) is 14.2 Å².